The average Bonchev–Trinajstić information content (AvgIpc) is 3.45. The highest BCUT2D eigenvalue weighted by Crippen LogP contribution is 2.25. The summed E-state index contributed by atoms with van der Waals surface area (Å²) in [5.74, 6) is 0. The van der Waals surface area contributed by atoms with Gasteiger partial charge in [0.25, 0.3) is 0 Å². The standard InChI is InChI=1S/C24H17N5/c25-14-21-10-9-20(13-24(21)28-12-11-26-16-28)19-7-5-18(6-8-19)15-29-17-27-22-3-1-2-4-23(22)29/h1-13,16-17H,15H2. The summed E-state index contributed by atoms with van der Waals surface area (Å²) in [6.07, 6.45) is 7.15. The van der Waals surface area contributed by atoms with Gasteiger partial charge in [-0.15, -0.1) is 0 Å². The minimum absolute atomic E-state index is 0.621. The van der Waals surface area contributed by atoms with Gasteiger partial charge in [0.2, 0.25) is 0 Å². The molecule has 5 rings (SSSR count). The van der Waals surface area contributed by atoms with Crippen LogP contribution >= 0.6 is 0 Å². The van der Waals surface area contributed by atoms with Crippen molar-refractivity contribution in [1.29, 1.82) is 5.26 Å². The predicted octanol–water partition coefficient (Wildman–Crippen LogP) is 4.81. The normalized spacial score (nSPS) is 10.9. The Bertz CT molecular complexity index is 1320. The second kappa shape index (κ2) is 7.10. The number of imidazole rings is 2. The summed E-state index contributed by atoms with van der Waals surface area (Å²) in [5, 5.41) is 9.42. The Hall–Kier alpha value is -4.17. The number of para-hydroxylation sites is 2. The lowest BCUT2D eigenvalue weighted by atomic mass is 10.0. The van der Waals surface area contributed by atoms with Crippen LogP contribution in [0.2, 0.25) is 0 Å². The van der Waals surface area contributed by atoms with Crippen molar-refractivity contribution in [3.63, 3.8) is 0 Å². The summed E-state index contributed by atoms with van der Waals surface area (Å²) < 4.78 is 4.02. The largest absolute Gasteiger partial charge is 0.326 e. The summed E-state index contributed by atoms with van der Waals surface area (Å²) >= 11 is 0. The molecule has 5 heteroatoms. The number of nitriles is 1. The molecule has 5 aromatic rings. The van der Waals surface area contributed by atoms with Crippen LogP contribution in [-0.2, 0) is 6.54 Å². The van der Waals surface area contributed by atoms with Crippen LogP contribution in [0.15, 0.2) is 91.8 Å². The third-order valence-corrected chi connectivity index (χ3v) is 5.07. The van der Waals surface area contributed by atoms with E-state index in [0.717, 1.165) is 34.4 Å². The molecule has 0 aliphatic heterocycles. The van der Waals surface area contributed by atoms with Gasteiger partial charge in [-0.25, -0.2) is 9.97 Å². The second-order valence-electron chi connectivity index (χ2n) is 6.87. The van der Waals surface area contributed by atoms with Crippen molar-refractivity contribution >= 4 is 11.0 Å². The van der Waals surface area contributed by atoms with Gasteiger partial charge in [0.1, 0.15) is 6.07 Å². The van der Waals surface area contributed by atoms with E-state index in [4.69, 9.17) is 0 Å². The van der Waals surface area contributed by atoms with Crippen LogP contribution < -0.4 is 0 Å². The number of benzene rings is 3. The number of nitrogens with zero attached hydrogens (tertiary/aromatic N) is 5. The van der Waals surface area contributed by atoms with Crippen molar-refractivity contribution in [1.82, 2.24) is 19.1 Å². The van der Waals surface area contributed by atoms with Crippen LogP contribution in [0.3, 0.4) is 0 Å². The van der Waals surface area contributed by atoms with Gasteiger partial charge in [0.15, 0.2) is 0 Å². The van der Waals surface area contributed by atoms with Crippen molar-refractivity contribution in [2.75, 3.05) is 0 Å². The predicted molar refractivity (Wildman–Crippen MR) is 113 cm³/mol. The molecule has 138 valence electrons. The Kier molecular flexibility index (Phi) is 4.15. The first-order valence-corrected chi connectivity index (χ1v) is 9.33. The number of fused-ring (bicyclic) bond motifs is 1. The number of aromatic nitrogens is 4. The first-order valence-electron chi connectivity index (χ1n) is 9.33. The maximum Gasteiger partial charge on any atom is 0.101 e. The monoisotopic (exact) mass is 375 g/mol. The van der Waals surface area contributed by atoms with E-state index in [2.05, 4.69) is 50.9 Å². The number of hydrogen-bond donors (Lipinski definition) is 0. The Balaban J connectivity index is 1.45. The SMILES string of the molecule is N#Cc1ccc(-c2ccc(Cn3cnc4ccccc43)cc2)cc1-n1ccnc1. The van der Waals surface area contributed by atoms with E-state index in [9.17, 15) is 5.26 Å². The molecule has 0 saturated heterocycles. The minimum Gasteiger partial charge on any atom is -0.326 e. The van der Waals surface area contributed by atoms with Gasteiger partial charge in [-0.2, -0.15) is 5.26 Å². The van der Waals surface area contributed by atoms with Crippen LogP contribution in [0.5, 0.6) is 0 Å². The number of rotatable bonds is 4. The van der Waals surface area contributed by atoms with Gasteiger partial charge >= 0.3 is 0 Å². The Morgan fingerprint density at radius 3 is 2.52 bits per heavy atom. The lowest BCUT2D eigenvalue weighted by molar-refractivity contribution is 0.825. The Morgan fingerprint density at radius 2 is 1.72 bits per heavy atom. The number of hydrogen-bond acceptors (Lipinski definition) is 3. The molecule has 0 radical (unpaired) electrons. The summed E-state index contributed by atoms with van der Waals surface area (Å²) in [6, 6.07) is 24.8. The highest BCUT2D eigenvalue weighted by atomic mass is 15.0. The van der Waals surface area contributed by atoms with E-state index in [1.807, 2.05) is 53.5 Å². The molecule has 0 unspecified atom stereocenters. The van der Waals surface area contributed by atoms with Gasteiger partial charge < -0.3 is 9.13 Å². The molecule has 29 heavy (non-hydrogen) atoms. The molecule has 0 fully saturated rings. The molecule has 0 N–H and O–H groups in total. The molecule has 0 aliphatic carbocycles. The lowest BCUT2D eigenvalue weighted by Gasteiger charge is -2.10. The average molecular weight is 375 g/mol. The molecule has 5 nitrogen and oxygen atoms in total. The third kappa shape index (κ3) is 3.17. The lowest BCUT2D eigenvalue weighted by Crippen LogP contribution is -1.98. The van der Waals surface area contributed by atoms with Gasteiger partial charge in [-0.1, -0.05) is 42.5 Å². The van der Waals surface area contributed by atoms with Crippen LogP contribution in [0.4, 0.5) is 0 Å². The highest BCUT2D eigenvalue weighted by Gasteiger charge is 2.08. The summed E-state index contributed by atoms with van der Waals surface area (Å²) in [5.41, 5.74) is 6.97. The summed E-state index contributed by atoms with van der Waals surface area (Å²) in [6.45, 7) is 0.772. The van der Waals surface area contributed by atoms with Crippen LogP contribution in [0, 0.1) is 11.3 Å². The highest BCUT2D eigenvalue weighted by molar-refractivity contribution is 5.75. The Labute approximate surface area is 168 Å². The molecule has 0 spiro atoms. The topological polar surface area (TPSA) is 59.4 Å². The fraction of sp³-hybridized carbons (Fsp3) is 0.0417. The molecule has 0 aliphatic rings. The Morgan fingerprint density at radius 1 is 0.897 bits per heavy atom. The maximum atomic E-state index is 9.42. The van der Waals surface area contributed by atoms with Crippen LogP contribution in [0.1, 0.15) is 11.1 Å². The quantitative estimate of drug-likeness (QED) is 0.453. The zero-order valence-corrected chi connectivity index (χ0v) is 15.6. The molecule has 2 heterocycles. The van der Waals surface area contributed by atoms with Crippen molar-refractivity contribution in [3.05, 3.63) is 103 Å². The van der Waals surface area contributed by atoms with Crippen LogP contribution in [-0.4, -0.2) is 19.1 Å². The van der Waals surface area contributed by atoms with Gasteiger partial charge in [0.05, 0.1) is 34.9 Å². The van der Waals surface area contributed by atoms with E-state index in [0.29, 0.717) is 5.56 Å². The van der Waals surface area contributed by atoms with E-state index < -0.39 is 0 Å². The minimum atomic E-state index is 0.621. The van der Waals surface area contributed by atoms with Gasteiger partial charge in [-0.3, -0.25) is 0 Å². The van der Waals surface area contributed by atoms with Crippen LogP contribution in [0.25, 0.3) is 27.8 Å². The maximum absolute atomic E-state index is 9.42. The molecule has 2 aromatic heterocycles. The molecule has 0 bridgehead atoms. The van der Waals surface area contributed by atoms with Crippen molar-refractivity contribution in [2.24, 2.45) is 0 Å². The molecule has 0 saturated carbocycles. The first kappa shape index (κ1) is 17.0. The summed E-state index contributed by atoms with van der Waals surface area (Å²) in [4.78, 5) is 8.55. The van der Waals surface area contributed by atoms with E-state index in [1.54, 1.807) is 12.5 Å². The molecule has 0 amide bonds. The van der Waals surface area contributed by atoms with E-state index in [1.165, 1.54) is 5.56 Å². The van der Waals surface area contributed by atoms with Crippen molar-refractivity contribution < 1.29 is 0 Å². The fourth-order valence-corrected chi connectivity index (χ4v) is 3.56. The molecular formula is C24H17N5. The van der Waals surface area contributed by atoms with E-state index in [-0.39, 0.29) is 0 Å². The second-order valence-corrected chi connectivity index (χ2v) is 6.87. The van der Waals surface area contributed by atoms with Crippen molar-refractivity contribution in [2.45, 2.75) is 6.54 Å². The molecule has 3 aromatic carbocycles. The van der Waals surface area contributed by atoms with Gasteiger partial charge in [-0.05, 0) is 41.0 Å². The smallest absolute Gasteiger partial charge is 0.101 e. The first-order chi connectivity index (χ1) is 14.3. The molecule has 0 atom stereocenters. The zero-order chi connectivity index (χ0) is 19.6. The zero-order valence-electron chi connectivity index (χ0n) is 15.6. The third-order valence-electron chi connectivity index (χ3n) is 5.07. The van der Waals surface area contributed by atoms with Crippen molar-refractivity contribution in [3.8, 4) is 22.9 Å². The van der Waals surface area contributed by atoms with Gasteiger partial charge in [0, 0.05) is 18.9 Å². The molecular weight excluding hydrogens is 358 g/mol. The summed E-state index contributed by atoms with van der Waals surface area (Å²) in [7, 11) is 0. The fourth-order valence-electron chi connectivity index (χ4n) is 3.56. The van der Waals surface area contributed by atoms with E-state index >= 15 is 0 Å².